The molecule has 1 fully saturated rings. The number of para-hydroxylation sites is 2. The second-order valence-electron chi connectivity index (χ2n) is 8.80. The van der Waals surface area contributed by atoms with Crippen molar-refractivity contribution in [1.29, 1.82) is 0 Å². The second kappa shape index (κ2) is 10.2. The summed E-state index contributed by atoms with van der Waals surface area (Å²) >= 11 is 0. The van der Waals surface area contributed by atoms with Gasteiger partial charge in [-0.3, -0.25) is 9.59 Å². The fraction of sp³-hybridized carbons (Fsp3) is 0.200. The van der Waals surface area contributed by atoms with Crippen molar-refractivity contribution in [1.82, 2.24) is 9.88 Å². The number of aliphatic hydroxyl groups excluding tert-OH is 1. The van der Waals surface area contributed by atoms with Gasteiger partial charge >= 0.3 is 0 Å². The van der Waals surface area contributed by atoms with Crippen LogP contribution in [0.4, 0.5) is 0 Å². The van der Waals surface area contributed by atoms with Gasteiger partial charge < -0.3 is 24.5 Å². The van der Waals surface area contributed by atoms with Crippen LogP contribution >= 0.6 is 0 Å². The van der Waals surface area contributed by atoms with Crippen LogP contribution < -0.4 is 9.47 Å². The highest BCUT2D eigenvalue weighted by atomic mass is 16.5. The molecule has 0 bridgehead atoms. The number of nitrogens with one attached hydrogen (secondary N) is 1. The first-order valence-corrected chi connectivity index (χ1v) is 12.2. The number of rotatable bonds is 8. The number of ketones is 1. The van der Waals surface area contributed by atoms with Crippen LogP contribution in [0.1, 0.15) is 29.7 Å². The second-order valence-corrected chi connectivity index (χ2v) is 8.80. The van der Waals surface area contributed by atoms with E-state index in [2.05, 4.69) is 4.98 Å². The lowest BCUT2D eigenvalue weighted by atomic mass is 9.94. The van der Waals surface area contributed by atoms with E-state index < -0.39 is 17.7 Å². The number of ether oxygens (including phenoxy) is 2. The number of carbonyl (C=O) groups is 2. The van der Waals surface area contributed by atoms with Gasteiger partial charge in [0.15, 0.2) is 0 Å². The molecule has 37 heavy (non-hydrogen) atoms. The molecule has 0 aliphatic carbocycles. The molecule has 1 saturated heterocycles. The van der Waals surface area contributed by atoms with E-state index in [1.807, 2.05) is 55.6 Å². The molecule has 1 aromatic heterocycles. The molecule has 1 amide bonds. The van der Waals surface area contributed by atoms with Crippen LogP contribution in [-0.4, -0.2) is 46.9 Å². The van der Waals surface area contributed by atoms with E-state index in [0.717, 1.165) is 16.5 Å². The van der Waals surface area contributed by atoms with Crippen molar-refractivity contribution < 1.29 is 24.2 Å². The highest BCUT2D eigenvalue weighted by molar-refractivity contribution is 6.46. The van der Waals surface area contributed by atoms with Crippen molar-refractivity contribution >= 4 is 28.4 Å². The topological polar surface area (TPSA) is 91.9 Å². The van der Waals surface area contributed by atoms with E-state index in [4.69, 9.17) is 9.47 Å². The summed E-state index contributed by atoms with van der Waals surface area (Å²) in [6.45, 7) is 2.69. The van der Waals surface area contributed by atoms with Crippen LogP contribution in [0, 0.1) is 0 Å². The van der Waals surface area contributed by atoms with E-state index in [1.165, 1.54) is 4.90 Å². The lowest BCUT2D eigenvalue weighted by molar-refractivity contribution is -0.139. The fourth-order valence-electron chi connectivity index (χ4n) is 4.94. The number of Topliss-reactive ketones (excluding diaryl/α,β-unsaturated/α-hetero) is 1. The number of benzene rings is 3. The number of methoxy groups -OCH3 is 1. The largest absolute Gasteiger partial charge is 0.507 e. The minimum atomic E-state index is -0.798. The zero-order valence-electron chi connectivity index (χ0n) is 20.7. The van der Waals surface area contributed by atoms with Crippen LogP contribution in [0.25, 0.3) is 16.7 Å². The zero-order valence-corrected chi connectivity index (χ0v) is 20.7. The van der Waals surface area contributed by atoms with Gasteiger partial charge in [-0.2, -0.15) is 0 Å². The first-order chi connectivity index (χ1) is 18.0. The third-order valence-corrected chi connectivity index (χ3v) is 6.71. The average molecular weight is 497 g/mol. The Bertz CT molecular complexity index is 1490. The highest BCUT2D eigenvalue weighted by Gasteiger charge is 2.46. The third-order valence-electron chi connectivity index (χ3n) is 6.71. The Kier molecular flexibility index (Phi) is 6.68. The Morgan fingerprint density at radius 3 is 2.49 bits per heavy atom. The summed E-state index contributed by atoms with van der Waals surface area (Å²) in [6.07, 6.45) is 2.46. The molecular formula is C30H28N2O5. The Morgan fingerprint density at radius 2 is 1.73 bits per heavy atom. The van der Waals surface area contributed by atoms with Crippen molar-refractivity contribution in [3.8, 4) is 11.5 Å². The van der Waals surface area contributed by atoms with E-state index in [-0.39, 0.29) is 17.9 Å². The number of hydrogen-bond acceptors (Lipinski definition) is 5. The first kappa shape index (κ1) is 24.2. The fourth-order valence-corrected chi connectivity index (χ4v) is 4.94. The van der Waals surface area contributed by atoms with Gasteiger partial charge in [-0.15, -0.1) is 0 Å². The molecule has 0 spiro atoms. The molecule has 2 heterocycles. The molecule has 7 nitrogen and oxygen atoms in total. The van der Waals surface area contributed by atoms with Gasteiger partial charge in [0, 0.05) is 34.8 Å². The van der Waals surface area contributed by atoms with E-state index in [0.29, 0.717) is 35.7 Å². The van der Waals surface area contributed by atoms with E-state index in [9.17, 15) is 14.7 Å². The van der Waals surface area contributed by atoms with Gasteiger partial charge in [0.1, 0.15) is 17.3 Å². The van der Waals surface area contributed by atoms with Crippen LogP contribution in [0.15, 0.2) is 84.6 Å². The number of likely N-dealkylation sites (tertiary alicyclic amines) is 1. The quantitative estimate of drug-likeness (QED) is 0.198. The van der Waals surface area contributed by atoms with E-state index in [1.54, 1.807) is 37.4 Å². The molecule has 2 N–H and O–H groups in total. The number of fused-ring (bicyclic) bond motifs is 1. The molecule has 1 aliphatic rings. The first-order valence-electron chi connectivity index (χ1n) is 12.2. The predicted molar refractivity (Wildman–Crippen MR) is 142 cm³/mol. The normalized spacial score (nSPS) is 16.9. The summed E-state index contributed by atoms with van der Waals surface area (Å²) < 4.78 is 11.1. The lowest BCUT2D eigenvalue weighted by Gasteiger charge is -2.26. The Hall–Kier alpha value is -4.52. The van der Waals surface area contributed by atoms with Crippen molar-refractivity contribution in [2.75, 3.05) is 20.3 Å². The summed E-state index contributed by atoms with van der Waals surface area (Å²) in [4.78, 5) is 31.5. The Labute approximate surface area is 214 Å². The molecule has 3 aromatic carbocycles. The maximum absolute atomic E-state index is 13.4. The van der Waals surface area contributed by atoms with Crippen LogP contribution in [0.5, 0.6) is 11.5 Å². The van der Waals surface area contributed by atoms with Gasteiger partial charge in [-0.25, -0.2) is 0 Å². The number of hydrogen-bond donors (Lipinski definition) is 2. The third kappa shape index (κ3) is 4.44. The SMILES string of the molecule is CCOc1ccc(C(O)=C2C(=O)C(=O)N(CCc3c[nH]c4ccccc34)[C@@H]2c2ccccc2OC)cc1. The summed E-state index contributed by atoms with van der Waals surface area (Å²) in [5.41, 5.74) is 3.16. The van der Waals surface area contributed by atoms with Crippen molar-refractivity contribution in [2.24, 2.45) is 0 Å². The van der Waals surface area contributed by atoms with Crippen molar-refractivity contribution in [3.05, 3.63) is 101 Å². The highest BCUT2D eigenvalue weighted by Crippen LogP contribution is 2.42. The average Bonchev–Trinajstić information content (AvgIpc) is 3.45. The number of aromatic nitrogens is 1. The van der Waals surface area contributed by atoms with Gasteiger partial charge in [-0.1, -0.05) is 36.4 Å². The molecule has 7 heteroatoms. The minimum Gasteiger partial charge on any atom is -0.507 e. The number of amides is 1. The maximum atomic E-state index is 13.4. The summed E-state index contributed by atoms with van der Waals surface area (Å²) in [5, 5.41) is 12.4. The van der Waals surface area contributed by atoms with Gasteiger partial charge in [0.25, 0.3) is 11.7 Å². The van der Waals surface area contributed by atoms with Crippen LogP contribution in [-0.2, 0) is 16.0 Å². The number of nitrogens with zero attached hydrogens (tertiary/aromatic N) is 1. The molecule has 1 atom stereocenters. The Balaban J connectivity index is 1.57. The van der Waals surface area contributed by atoms with Gasteiger partial charge in [0.05, 0.1) is 25.3 Å². The summed E-state index contributed by atoms with van der Waals surface area (Å²) in [5.74, 6) is -0.417. The number of carbonyl (C=O) groups excluding carboxylic acids is 2. The number of aromatic amines is 1. The standard InChI is InChI=1S/C30H28N2O5/c1-3-37-21-14-12-19(13-15-21)28(33)26-27(23-9-5-7-11-25(23)36-2)32(30(35)29(26)34)17-16-20-18-31-24-10-6-4-8-22(20)24/h4-15,18,27,31,33H,3,16-17H2,1-2H3/t27-/m1/s1. The molecule has 0 saturated carbocycles. The summed E-state index contributed by atoms with van der Waals surface area (Å²) in [7, 11) is 1.55. The Morgan fingerprint density at radius 1 is 1.00 bits per heavy atom. The van der Waals surface area contributed by atoms with Crippen LogP contribution in [0.2, 0.25) is 0 Å². The molecular weight excluding hydrogens is 468 g/mol. The molecule has 0 radical (unpaired) electrons. The lowest BCUT2D eigenvalue weighted by Crippen LogP contribution is -2.31. The monoisotopic (exact) mass is 496 g/mol. The smallest absolute Gasteiger partial charge is 0.295 e. The van der Waals surface area contributed by atoms with Gasteiger partial charge in [-0.05, 0) is 55.3 Å². The van der Waals surface area contributed by atoms with Crippen LogP contribution in [0.3, 0.4) is 0 Å². The van der Waals surface area contributed by atoms with Gasteiger partial charge in [0.2, 0.25) is 0 Å². The maximum Gasteiger partial charge on any atom is 0.295 e. The zero-order chi connectivity index (χ0) is 25.9. The number of H-pyrrole nitrogens is 1. The summed E-state index contributed by atoms with van der Waals surface area (Å²) in [6, 6.07) is 21.2. The molecule has 188 valence electrons. The molecule has 5 rings (SSSR count). The molecule has 4 aromatic rings. The van der Waals surface area contributed by atoms with E-state index >= 15 is 0 Å². The number of aliphatic hydroxyl groups is 1. The molecule has 1 aliphatic heterocycles. The van der Waals surface area contributed by atoms with Crippen molar-refractivity contribution in [3.63, 3.8) is 0 Å². The predicted octanol–water partition coefficient (Wildman–Crippen LogP) is 5.24. The van der Waals surface area contributed by atoms with Crippen molar-refractivity contribution in [2.45, 2.75) is 19.4 Å². The minimum absolute atomic E-state index is 0.0394. The molecule has 0 unspecified atom stereocenters.